The van der Waals surface area contributed by atoms with Crippen LogP contribution in [0.15, 0.2) is 6.20 Å². The van der Waals surface area contributed by atoms with E-state index in [1.807, 2.05) is 6.20 Å². The Balaban J connectivity index is 1.87. The van der Waals surface area contributed by atoms with Crippen LogP contribution < -0.4 is 5.73 Å². The van der Waals surface area contributed by atoms with Crippen LogP contribution >= 0.6 is 33.9 Å². The van der Waals surface area contributed by atoms with Crippen molar-refractivity contribution in [1.29, 1.82) is 0 Å². The molecule has 0 saturated carbocycles. The van der Waals surface area contributed by atoms with Gasteiger partial charge in [0.25, 0.3) is 0 Å². The number of hydrogen-bond acceptors (Lipinski definition) is 4. The molecular formula is C9H14IN3S. The lowest BCUT2D eigenvalue weighted by molar-refractivity contribution is 0.317. The van der Waals surface area contributed by atoms with Gasteiger partial charge in [0.1, 0.15) is 5.01 Å². The van der Waals surface area contributed by atoms with Gasteiger partial charge in [0.2, 0.25) is 0 Å². The Morgan fingerprint density at radius 1 is 1.71 bits per heavy atom. The molecule has 3 nitrogen and oxygen atoms in total. The molecule has 78 valence electrons. The van der Waals surface area contributed by atoms with E-state index in [0.29, 0.717) is 5.92 Å². The van der Waals surface area contributed by atoms with Crippen LogP contribution in [0.1, 0.15) is 11.4 Å². The smallest absolute Gasteiger partial charge is 0.108 e. The van der Waals surface area contributed by atoms with Crippen LogP contribution in [-0.4, -0.2) is 29.5 Å². The Kier molecular flexibility index (Phi) is 3.75. The fourth-order valence-corrected chi connectivity index (χ4v) is 3.39. The number of rotatable bonds is 3. The standard InChI is InChI=1S/C9H14IN3S/c10-8-4-12-9(14-8)6-13-2-1-7(3-11)5-13/h4,7H,1-3,5-6,11H2. The Morgan fingerprint density at radius 2 is 2.57 bits per heavy atom. The summed E-state index contributed by atoms with van der Waals surface area (Å²) in [7, 11) is 0. The van der Waals surface area contributed by atoms with Crippen LogP contribution in [0.5, 0.6) is 0 Å². The molecule has 0 bridgehead atoms. The fourth-order valence-electron chi connectivity index (χ4n) is 1.80. The second-order valence-corrected chi connectivity index (χ2v) is 6.69. The fraction of sp³-hybridized carbons (Fsp3) is 0.667. The number of hydrogen-bond donors (Lipinski definition) is 1. The van der Waals surface area contributed by atoms with E-state index < -0.39 is 0 Å². The Bertz CT molecular complexity index is 302. The molecule has 1 aromatic rings. The van der Waals surface area contributed by atoms with E-state index in [-0.39, 0.29) is 0 Å². The van der Waals surface area contributed by atoms with Gasteiger partial charge in [-0.1, -0.05) is 0 Å². The Hall–Kier alpha value is 0.280. The van der Waals surface area contributed by atoms with Crippen molar-refractivity contribution in [2.45, 2.75) is 13.0 Å². The van der Waals surface area contributed by atoms with Gasteiger partial charge in [0.15, 0.2) is 0 Å². The highest BCUT2D eigenvalue weighted by molar-refractivity contribution is 14.1. The zero-order chi connectivity index (χ0) is 9.97. The van der Waals surface area contributed by atoms with Crippen LogP contribution in [0.25, 0.3) is 0 Å². The zero-order valence-corrected chi connectivity index (χ0v) is 10.9. The average molecular weight is 323 g/mol. The van der Waals surface area contributed by atoms with Gasteiger partial charge < -0.3 is 5.73 Å². The van der Waals surface area contributed by atoms with Crippen LogP contribution in [0.3, 0.4) is 0 Å². The molecule has 0 radical (unpaired) electrons. The summed E-state index contributed by atoms with van der Waals surface area (Å²) in [6, 6.07) is 0. The van der Waals surface area contributed by atoms with Crippen molar-refractivity contribution in [3.05, 3.63) is 14.1 Å². The predicted octanol–water partition coefficient (Wildman–Crippen LogP) is 1.53. The molecule has 1 aliphatic heterocycles. The van der Waals surface area contributed by atoms with Gasteiger partial charge in [0.05, 0.1) is 15.6 Å². The second kappa shape index (κ2) is 4.87. The minimum absolute atomic E-state index is 0.703. The summed E-state index contributed by atoms with van der Waals surface area (Å²) in [6.45, 7) is 4.15. The molecule has 0 amide bonds. The third kappa shape index (κ3) is 2.65. The minimum Gasteiger partial charge on any atom is -0.330 e. The molecule has 2 N–H and O–H groups in total. The monoisotopic (exact) mass is 323 g/mol. The SMILES string of the molecule is NCC1CCN(Cc2ncc(I)s2)C1. The lowest BCUT2D eigenvalue weighted by Gasteiger charge is -2.13. The topological polar surface area (TPSA) is 42.1 Å². The van der Waals surface area contributed by atoms with Gasteiger partial charge in [-0.15, -0.1) is 11.3 Å². The highest BCUT2D eigenvalue weighted by atomic mass is 127. The van der Waals surface area contributed by atoms with Crippen molar-refractivity contribution >= 4 is 33.9 Å². The highest BCUT2D eigenvalue weighted by Gasteiger charge is 2.21. The Morgan fingerprint density at radius 3 is 3.14 bits per heavy atom. The van der Waals surface area contributed by atoms with E-state index in [9.17, 15) is 0 Å². The molecule has 1 unspecified atom stereocenters. The van der Waals surface area contributed by atoms with Crippen LogP contribution in [-0.2, 0) is 6.54 Å². The zero-order valence-electron chi connectivity index (χ0n) is 7.95. The molecule has 2 heterocycles. The summed E-state index contributed by atoms with van der Waals surface area (Å²) >= 11 is 4.10. The predicted molar refractivity (Wildman–Crippen MR) is 67.3 cm³/mol. The van der Waals surface area contributed by atoms with Gasteiger partial charge in [0, 0.05) is 6.54 Å². The first-order chi connectivity index (χ1) is 6.78. The molecule has 1 saturated heterocycles. The second-order valence-electron chi connectivity index (χ2n) is 3.68. The highest BCUT2D eigenvalue weighted by Crippen LogP contribution is 2.21. The van der Waals surface area contributed by atoms with Crippen molar-refractivity contribution in [2.75, 3.05) is 19.6 Å². The first kappa shape index (κ1) is 10.8. The largest absolute Gasteiger partial charge is 0.330 e. The molecule has 1 atom stereocenters. The number of likely N-dealkylation sites (tertiary alicyclic amines) is 1. The first-order valence-electron chi connectivity index (χ1n) is 4.80. The van der Waals surface area contributed by atoms with Gasteiger partial charge in [-0.3, -0.25) is 4.90 Å². The van der Waals surface area contributed by atoms with Crippen molar-refractivity contribution < 1.29 is 0 Å². The van der Waals surface area contributed by atoms with Crippen LogP contribution in [0.2, 0.25) is 0 Å². The van der Waals surface area contributed by atoms with Crippen LogP contribution in [0.4, 0.5) is 0 Å². The van der Waals surface area contributed by atoms with Crippen molar-refractivity contribution in [3.8, 4) is 0 Å². The lowest BCUT2D eigenvalue weighted by atomic mass is 10.1. The van der Waals surface area contributed by atoms with E-state index in [2.05, 4.69) is 32.5 Å². The third-order valence-corrected chi connectivity index (χ3v) is 4.30. The molecule has 14 heavy (non-hydrogen) atoms. The molecule has 0 aliphatic carbocycles. The summed E-state index contributed by atoms with van der Waals surface area (Å²) in [5.41, 5.74) is 5.65. The maximum atomic E-state index is 5.65. The third-order valence-electron chi connectivity index (χ3n) is 2.59. The average Bonchev–Trinajstić information content (AvgIpc) is 2.76. The minimum atomic E-state index is 0.703. The normalized spacial score (nSPS) is 23.1. The van der Waals surface area contributed by atoms with Crippen molar-refractivity contribution in [1.82, 2.24) is 9.88 Å². The molecule has 0 spiro atoms. The maximum Gasteiger partial charge on any atom is 0.108 e. The van der Waals surface area contributed by atoms with Gasteiger partial charge >= 0.3 is 0 Å². The summed E-state index contributed by atoms with van der Waals surface area (Å²) in [4.78, 5) is 6.82. The number of aromatic nitrogens is 1. The summed E-state index contributed by atoms with van der Waals surface area (Å²) < 4.78 is 1.27. The van der Waals surface area contributed by atoms with Crippen molar-refractivity contribution in [2.24, 2.45) is 11.7 Å². The number of halogens is 1. The number of nitrogens with zero attached hydrogens (tertiary/aromatic N) is 2. The molecule has 1 aliphatic rings. The van der Waals surface area contributed by atoms with Gasteiger partial charge in [-0.2, -0.15) is 0 Å². The number of nitrogens with two attached hydrogens (primary N) is 1. The molecular weight excluding hydrogens is 309 g/mol. The molecule has 1 aromatic heterocycles. The molecule has 0 aromatic carbocycles. The van der Waals surface area contributed by atoms with Gasteiger partial charge in [-0.05, 0) is 48.0 Å². The molecule has 2 rings (SSSR count). The first-order valence-corrected chi connectivity index (χ1v) is 6.70. The van der Waals surface area contributed by atoms with E-state index in [0.717, 1.165) is 19.6 Å². The quantitative estimate of drug-likeness (QED) is 0.858. The number of thiazole rings is 1. The van der Waals surface area contributed by atoms with E-state index >= 15 is 0 Å². The van der Waals surface area contributed by atoms with E-state index in [1.54, 1.807) is 11.3 Å². The maximum absolute atomic E-state index is 5.65. The van der Waals surface area contributed by atoms with E-state index in [4.69, 9.17) is 5.73 Å². The summed E-state index contributed by atoms with van der Waals surface area (Å²) in [5.74, 6) is 0.703. The lowest BCUT2D eigenvalue weighted by Crippen LogP contribution is -2.22. The van der Waals surface area contributed by atoms with E-state index in [1.165, 1.54) is 20.9 Å². The molecule has 1 fully saturated rings. The molecule has 5 heteroatoms. The summed E-state index contributed by atoms with van der Waals surface area (Å²) in [5, 5.41) is 1.23. The van der Waals surface area contributed by atoms with Crippen molar-refractivity contribution in [3.63, 3.8) is 0 Å². The van der Waals surface area contributed by atoms with Gasteiger partial charge in [-0.25, -0.2) is 4.98 Å². The van der Waals surface area contributed by atoms with Crippen LogP contribution in [0, 0.1) is 8.80 Å². The summed E-state index contributed by atoms with van der Waals surface area (Å²) in [6.07, 6.45) is 3.19. The Labute approximate surface area is 102 Å².